The summed E-state index contributed by atoms with van der Waals surface area (Å²) >= 11 is 0. The van der Waals surface area contributed by atoms with Gasteiger partial charge in [0.2, 0.25) is 0 Å². The number of ether oxygens (including phenoxy) is 3. The highest BCUT2D eigenvalue weighted by atomic mass is 16.6. The van der Waals surface area contributed by atoms with Gasteiger partial charge in [-0.15, -0.1) is 0 Å². The topological polar surface area (TPSA) is 99.1 Å². The largest absolute Gasteiger partial charge is 0.461 e. The van der Waals surface area contributed by atoms with Gasteiger partial charge in [-0.1, -0.05) is 30.9 Å². The van der Waals surface area contributed by atoms with E-state index in [9.17, 15) is 19.5 Å². The van der Waals surface area contributed by atoms with Crippen LogP contribution in [0.25, 0.3) is 0 Å². The van der Waals surface area contributed by atoms with Crippen LogP contribution in [0.4, 0.5) is 0 Å². The van der Waals surface area contributed by atoms with E-state index in [2.05, 4.69) is 19.2 Å². The number of hydrogen-bond donors (Lipinski definition) is 1. The molecule has 1 saturated heterocycles. The van der Waals surface area contributed by atoms with Gasteiger partial charge in [0, 0.05) is 18.4 Å². The van der Waals surface area contributed by atoms with Crippen molar-refractivity contribution >= 4 is 17.9 Å². The smallest absolute Gasteiger partial charge is 0.337 e. The molecule has 156 valence electrons. The molecule has 0 aromatic rings. The first-order valence-corrected chi connectivity index (χ1v) is 9.60. The van der Waals surface area contributed by atoms with Crippen LogP contribution in [0.15, 0.2) is 47.6 Å². The van der Waals surface area contributed by atoms with Crippen LogP contribution < -0.4 is 0 Å². The standard InChI is InChI=1S/C22H26O7/c1-6-14(9-27-13(5)23)22(26)29-20-17-12(4)21(25)28-19(17)16-10(2)7-8-15(16)11(3)18(20)24/h6-7,15-20,24H,3-4,8-9H2,1-2,5H3. The zero-order valence-corrected chi connectivity index (χ0v) is 16.8. The molecule has 7 nitrogen and oxygen atoms in total. The molecule has 3 rings (SSSR count). The minimum atomic E-state index is -1.18. The Kier molecular flexibility index (Phi) is 5.80. The maximum Gasteiger partial charge on any atom is 0.337 e. The molecule has 0 aromatic carbocycles. The second-order valence-electron chi connectivity index (χ2n) is 7.72. The Balaban J connectivity index is 1.92. The van der Waals surface area contributed by atoms with Crippen molar-refractivity contribution in [1.29, 1.82) is 0 Å². The molecule has 0 radical (unpaired) electrons. The third-order valence-electron chi connectivity index (χ3n) is 6.07. The van der Waals surface area contributed by atoms with Gasteiger partial charge in [0.15, 0.2) is 0 Å². The average molecular weight is 402 g/mol. The van der Waals surface area contributed by atoms with Crippen molar-refractivity contribution in [3.63, 3.8) is 0 Å². The zero-order chi connectivity index (χ0) is 21.5. The van der Waals surface area contributed by atoms with Crippen LogP contribution in [-0.2, 0) is 28.6 Å². The number of carbonyl (C=O) groups is 3. The van der Waals surface area contributed by atoms with E-state index in [1.54, 1.807) is 6.92 Å². The van der Waals surface area contributed by atoms with Crippen molar-refractivity contribution in [2.75, 3.05) is 6.61 Å². The summed E-state index contributed by atoms with van der Waals surface area (Å²) < 4.78 is 16.1. The minimum absolute atomic E-state index is 0.109. The molecule has 6 unspecified atom stereocenters. The first-order chi connectivity index (χ1) is 13.7. The number of rotatable bonds is 4. The number of allylic oxidation sites excluding steroid dienone is 2. The van der Waals surface area contributed by atoms with Gasteiger partial charge in [0.1, 0.15) is 24.9 Å². The normalized spacial score (nSPS) is 34.0. The quantitative estimate of drug-likeness (QED) is 0.332. The number of aliphatic hydroxyl groups is 1. The van der Waals surface area contributed by atoms with Crippen molar-refractivity contribution in [1.82, 2.24) is 0 Å². The fraction of sp³-hybridized carbons (Fsp3) is 0.500. The van der Waals surface area contributed by atoms with Gasteiger partial charge in [-0.25, -0.2) is 9.59 Å². The highest BCUT2D eigenvalue weighted by Gasteiger charge is 2.57. The van der Waals surface area contributed by atoms with Crippen LogP contribution in [0.2, 0.25) is 0 Å². The van der Waals surface area contributed by atoms with Crippen LogP contribution in [-0.4, -0.2) is 47.9 Å². The Labute approximate surface area is 169 Å². The molecular formula is C22H26O7. The van der Waals surface area contributed by atoms with Crippen LogP contribution >= 0.6 is 0 Å². The first-order valence-electron chi connectivity index (χ1n) is 9.60. The number of fused-ring (bicyclic) bond motifs is 3. The summed E-state index contributed by atoms with van der Waals surface area (Å²) in [5.41, 5.74) is 1.89. The van der Waals surface area contributed by atoms with Crippen molar-refractivity contribution in [3.05, 3.63) is 47.6 Å². The Hall–Kier alpha value is -2.67. The molecular weight excluding hydrogens is 376 g/mol. The first kappa shape index (κ1) is 21.0. The van der Waals surface area contributed by atoms with E-state index in [0.29, 0.717) is 12.0 Å². The van der Waals surface area contributed by atoms with Crippen molar-refractivity contribution < 1.29 is 33.7 Å². The third kappa shape index (κ3) is 3.67. The van der Waals surface area contributed by atoms with Gasteiger partial charge in [0.25, 0.3) is 0 Å². The van der Waals surface area contributed by atoms with E-state index in [0.717, 1.165) is 5.57 Å². The molecule has 6 atom stereocenters. The molecule has 7 heteroatoms. The van der Waals surface area contributed by atoms with Crippen LogP contribution in [0.1, 0.15) is 27.2 Å². The summed E-state index contributed by atoms with van der Waals surface area (Å²) in [6.45, 7) is 12.5. The van der Waals surface area contributed by atoms with E-state index in [4.69, 9.17) is 14.2 Å². The van der Waals surface area contributed by atoms with Crippen LogP contribution in [0.3, 0.4) is 0 Å². The lowest BCUT2D eigenvalue weighted by Gasteiger charge is -2.29. The molecule has 0 amide bonds. The molecule has 0 aromatic heterocycles. The molecule has 3 aliphatic rings. The molecule has 1 N–H and O–H groups in total. The van der Waals surface area contributed by atoms with E-state index < -0.39 is 42.1 Å². The summed E-state index contributed by atoms with van der Waals surface area (Å²) in [6, 6.07) is 0. The number of carbonyl (C=O) groups excluding carboxylic acids is 3. The molecule has 0 bridgehead atoms. The lowest BCUT2D eigenvalue weighted by atomic mass is 9.80. The fourth-order valence-electron chi connectivity index (χ4n) is 4.48. The average Bonchev–Trinajstić information content (AvgIpc) is 3.16. The lowest BCUT2D eigenvalue weighted by Crippen LogP contribution is -2.42. The molecule has 1 aliphatic heterocycles. The maximum atomic E-state index is 12.7. The molecule has 1 saturated carbocycles. The Bertz CT molecular complexity index is 834. The van der Waals surface area contributed by atoms with Gasteiger partial charge in [-0.05, 0) is 31.8 Å². The fourth-order valence-corrected chi connectivity index (χ4v) is 4.48. The van der Waals surface area contributed by atoms with Crippen molar-refractivity contribution in [3.8, 4) is 0 Å². The molecule has 2 aliphatic carbocycles. The monoisotopic (exact) mass is 402 g/mol. The lowest BCUT2D eigenvalue weighted by molar-refractivity contribution is -0.155. The second-order valence-corrected chi connectivity index (χ2v) is 7.72. The van der Waals surface area contributed by atoms with Crippen molar-refractivity contribution in [2.45, 2.75) is 45.5 Å². The van der Waals surface area contributed by atoms with Crippen molar-refractivity contribution in [2.24, 2.45) is 17.8 Å². The Morgan fingerprint density at radius 3 is 2.66 bits per heavy atom. The predicted octanol–water partition coefficient (Wildman–Crippen LogP) is 2.02. The van der Waals surface area contributed by atoms with E-state index >= 15 is 0 Å². The molecule has 1 heterocycles. The summed E-state index contributed by atoms with van der Waals surface area (Å²) in [4.78, 5) is 36.1. The molecule has 29 heavy (non-hydrogen) atoms. The third-order valence-corrected chi connectivity index (χ3v) is 6.07. The van der Waals surface area contributed by atoms with E-state index in [1.165, 1.54) is 13.0 Å². The van der Waals surface area contributed by atoms with E-state index in [-0.39, 0.29) is 29.6 Å². The molecule has 0 spiro atoms. The zero-order valence-electron chi connectivity index (χ0n) is 16.8. The van der Waals surface area contributed by atoms with Gasteiger partial charge in [-0.2, -0.15) is 0 Å². The Morgan fingerprint density at radius 2 is 2.03 bits per heavy atom. The summed E-state index contributed by atoms with van der Waals surface area (Å²) in [7, 11) is 0. The predicted molar refractivity (Wildman–Crippen MR) is 103 cm³/mol. The summed E-state index contributed by atoms with van der Waals surface area (Å²) in [5.74, 6) is -2.76. The van der Waals surface area contributed by atoms with Crippen LogP contribution in [0, 0.1) is 17.8 Å². The minimum Gasteiger partial charge on any atom is -0.461 e. The van der Waals surface area contributed by atoms with Gasteiger partial charge < -0.3 is 19.3 Å². The summed E-state index contributed by atoms with van der Waals surface area (Å²) in [6.07, 6.45) is 1.36. The summed E-state index contributed by atoms with van der Waals surface area (Å²) in [5, 5.41) is 11.0. The van der Waals surface area contributed by atoms with Crippen LogP contribution in [0.5, 0.6) is 0 Å². The van der Waals surface area contributed by atoms with Gasteiger partial charge >= 0.3 is 17.9 Å². The highest BCUT2D eigenvalue weighted by molar-refractivity contribution is 5.92. The number of aliphatic hydroxyl groups excluding tert-OH is 1. The highest BCUT2D eigenvalue weighted by Crippen LogP contribution is 2.51. The van der Waals surface area contributed by atoms with Gasteiger partial charge in [0.05, 0.1) is 11.5 Å². The second kappa shape index (κ2) is 7.99. The number of hydrogen-bond acceptors (Lipinski definition) is 7. The van der Waals surface area contributed by atoms with E-state index in [1.807, 2.05) is 6.92 Å². The number of esters is 3. The Morgan fingerprint density at radius 1 is 1.34 bits per heavy atom. The SMILES string of the molecule is C=C1C(O)C(OC(=O)C(=CC)COC(C)=O)C2C(=C)C(=O)OC2C2C(C)=CCC12. The maximum absolute atomic E-state index is 12.7. The van der Waals surface area contributed by atoms with Gasteiger partial charge in [-0.3, -0.25) is 4.79 Å². The molecule has 2 fully saturated rings.